The van der Waals surface area contributed by atoms with Crippen LogP contribution in [-0.4, -0.2) is 20.6 Å². The number of ether oxygens (including phenoxy) is 2. The molecule has 0 aliphatic carbocycles. The molecule has 0 amide bonds. The number of rotatable bonds is 8. The highest BCUT2D eigenvalue weighted by molar-refractivity contribution is 9.10. The third kappa shape index (κ3) is 5.13. The zero-order chi connectivity index (χ0) is 21.7. The number of hydrogen-bond donors (Lipinski definition) is 2. The summed E-state index contributed by atoms with van der Waals surface area (Å²) in [5.41, 5.74) is 0.421. The van der Waals surface area contributed by atoms with Gasteiger partial charge in [-0.2, -0.15) is 0 Å². The molecule has 0 spiro atoms. The van der Waals surface area contributed by atoms with Gasteiger partial charge >= 0.3 is 11.7 Å². The molecule has 0 aliphatic rings. The molecule has 1 aromatic heterocycles. The molecule has 2 N–H and O–H groups in total. The van der Waals surface area contributed by atoms with E-state index in [9.17, 15) is 14.7 Å². The molecule has 30 heavy (non-hydrogen) atoms. The summed E-state index contributed by atoms with van der Waals surface area (Å²) in [6.07, 6.45) is 0. The Hall–Kier alpha value is -3.00. The molecule has 0 fully saturated rings. The van der Waals surface area contributed by atoms with Crippen LogP contribution in [0.1, 0.15) is 31.1 Å². The van der Waals surface area contributed by atoms with Crippen molar-refractivity contribution < 1.29 is 19.4 Å². The number of aromatic nitrogens is 2. The Morgan fingerprint density at radius 1 is 1.10 bits per heavy atom. The number of halogens is 1. The van der Waals surface area contributed by atoms with Gasteiger partial charge in [0.15, 0.2) is 0 Å². The second-order valence-corrected chi connectivity index (χ2v) is 8.04. The molecule has 8 heteroatoms. The van der Waals surface area contributed by atoms with E-state index in [1.54, 1.807) is 26.0 Å². The number of nitrogens with zero attached hydrogens (tertiary/aromatic N) is 1. The van der Waals surface area contributed by atoms with Crippen molar-refractivity contribution in [1.82, 2.24) is 9.55 Å². The molecule has 3 rings (SSSR count). The average molecular weight is 475 g/mol. The van der Waals surface area contributed by atoms with Gasteiger partial charge in [0.2, 0.25) is 5.88 Å². The molecule has 0 aliphatic heterocycles. The first-order chi connectivity index (χ1) is 14.4. The van der Waals surface area contributed by atoms with Crippen molar-refractivity contribution in [3.05, 3.63) is 80.8 Å². The van der Waals surface area contributed by atoms with E-state index in [4.69, 9.17) is 9.47 Å². The number of H-pyrrole nitrogens is 1. The minimum Gasteiger partial charge on any atom is -0.493 e. The van der Waals surface area contributed by atoms with Gasteiger partial charge in [0.1, 0.15) is 30.7 Å². The van der Waals surface area contributed by atoms with Crippen molar-refractivity contribution in [3.8, 4) is 11.6 Å². The van der Waals surface area contributed by atoms with Crippen LogP contribution in [0, 0.1) is 5.92 Å². The van der Waals surface area contributed by atoms with Gasteiger partial charge in [-0.1, -0.05) is 60.1 Å². The molecule has 0 unspecified atom stereocenters. The molecule has 1 atom stereocenters. The van der Waals surface area contributed by atoms with Gasteiger partial charge in [0.25, 0.3) is 0 Å². The lowest BCUT2D eigenvalue weighted by molar-refractivity contribution is -0.150. The lowest BCUT2D eigenvalue weighted by atomic mass is 10.0. The lowest BCUT2D eigenvalue weighted by Gasteiger charge is -2.20. The van der Waals surface area contributed by atoms with Gasteiger partial charge in [-0.3, -0.25) is 0 Å². The number of carbonyl (C=O) groups is 1. The molecule has 0 radical (unpaired) electrons. The average Bonchev–Trinajstić information content (AvgIpc) is 3.00. The third-order valence-corrected chi connectivity index (χ3v) is 5.08. The molecule has 0 bridgehead atoms. The fourth-order valence-electron chi connectivity index (χ4n) is 3.02. The topological polar surface area (TPSA) is 93.5 Å². The van der Waals surface area contributed by atoms with Gasteiger partial charge in [-0.25, -0.2) is 14.2 Å². The van der Waals surface area contributed by atoms with Gasteiger partial charge < -0.3 is 19.6 Å². The van der Waals surface area contributed by atoms with Crippen LogP contribution in [0.3, 0.4) is 0 Å². The minimum absolute atomic E-state index is 0.0560. The number of aromatic hydroxyl groups is 1. The van der Waals surface area contributed by atoms with Crippen molar-refractivity contribution >= 4 is 21.9 Å². The first-order valence-electron chi connectivity index (χ1n) is 9.48. The highest BCUT2D eigenvalue weighted by atomic mass is 79.9. The first-order valence-corrected chi connectivity index (χ1v) is 10.3. The standard InChI is InChI=1S/C22H23BrN2O5/c1-14(2)19(21(27)30-12-15-6-4-3-5-7-15)25-20(26)18(24-22(25)28)13-29-17-10-8-16(23)9-11-17/h3-11,14,19,26H,12-13H2,1-2H3,(H,24,28)/t19-/m1/s1. The number of aromatic amines is 1. The van der Waals surface area contributed by atoms with Crippen molar-refractivity contribution in [2.75, 3.05) is 0 Å². The van der Waals surface area contributed by atoms with E-state index < -0.39 is 17.7 Å². The fraction of sp³-hybridized carbons (Fsp3) is 0.273. The lowest BCUT2D eigenvalue weighted by Crippen LogP contribution is -2.32. The predicted octanol–water partition coefficient (Wildman–Crippen LogP) is 4.16. The van der Waals surface area contributed by atoms with Crippen LogP contribution in [0.15, 0.2) is 63.9 Å². The first kappa shape index (κ1) is 21.7. The molecule has 1 heterocycles. The van der Waals surface area contributed by atoms with E-state index in [1.165, 1.54) is 0 Å². The Bertz CT molecular complexity index is 1040. The summed E-state index contributed by atoms with van der Waals surface area (Å²) in [4.78, 5) is 27.8. The van der Waals surface area contributed by atoms with E-state index in [1.807, 2.05) is 42.5 Å². The summed E-state index contributed by atoms with van der Waals surface area (Å²) in [7, 11) is 0. The monoisotopic (exact) mass is 474 g/mol. The van der Waals surface area contributed by atoms with Crippen LogP contribution >= 0.6 is 15.9 Å². The predicted molar refractivity (Wildman–Crippen MR) is 115 cm³/mol. The van der Waals surface area contributed by atoms with Crippen LogP contribution in [0.2, 0.25) is 0 Å². The molecule has 2 aromatic carbocycles. The maximum absolute atomic E-state index is 12.7. The number of carbonyl (C=O) groups excluding carboxylic acids is 1. The summed E-state index contributed by atoms with van der Waals surface area (Å²) >= 11 is 3.35. The zero-order valence-electron chi connectivity index (χ0n) is 16.7. The summed E-state index contributed by atoms with van der Waals surface area (Å²) < 4.78 is 13.0. The number of hydrogen-bond acceptors (Lipinski definition) is 5. The maximum atomic E-state index is 12.7. The van der Waals surface area contributed by atoms with Crippen molar-refractivity contribution in [3.63, 3.8) is 0 Å². The van der Waals surface area contributed by atoms with Crippen molar-refractivity contribution in [1.29, 1.82) is 0 Å². The molecule has 0 saturated carbocycles. The number of esters is 1. The van der Waals surface area contributed by atoms with Gasteiger partial charge in [-0.05, 0) is 35.7 Å². The summed E-state index contributed by atoms with van der Waals surface area (Å²) in [5, 5.41) is 10.6. The SMILES string of the molecule is CC(C)[C@H](C(=O)OCc1ccccc1)n1c(O)c(COc2ccc(Br)cc2)[nH]c1=O. The van der Waals surface area contributed by atoms with Crippen LogP contribution in [-0.2, 0) is 22.7 Å². The van der Waals surface area contributed by atoms with Gasteiger partial charge in [0.05, 0.1) is 0 Å². The van der Waals surface area contributed by atoms with Gasteiger partial charge in [0, 0.05) is 4.47 Å². The molecule has 3 aromatic rings. The Morgan fingerprint density at radius 3 is 2.40 bits per heavy atom. The fourth-order valence-corrected chi connectivity index (χ4v) is 3.29. The Labute approximate surface area is 182 Å². The number of benzene rings is 2. The van der Waals surface area contributed by atoms with E-state index in [2.05, 4.69) is 20.9 Å². The van der Waals surface area contributed by atoms with E-state index in [0.717, 1.165) is 14.6 Å². The van der Waals surface area contributed by atoms with Crippen LogP contribution < -0.4 is 10.4 Å². The van der Waals surface area contributed by atoms with E-state index >= 15 is 0 Å². The zero-order valence-corrected chi connectivity index (χ0v) is 18.3. The van der Waals surface area contributed by atoms with Gasteiger partial charge in [-0.15, -0.1) is 0 Å². The van der Waals surface area contributed by atoms with Crippen LogP contribution in [0.25, 0.3) is 0 Å². The second kappa shape index (κ2) is 9.67. The Balaban J connectivity index is 1.76. The molecular formula is C22H23BrN2O5. The van der Waals surface area contributed by atoms with Crippen LogP contribution in [0.4, 0.5) is 0 Å². The largest absolute Gasteiger partial charge is 0.493 e. The van der Waals surface area contributed by atoms with E-state index in [0.29, 0.717) is 5.75 Å². The Kier molecular flexibility index (Phi) is 6.99. The highest BCUT2D eigenvalue weighted by Gasteiger charge is 2.31. The molecule has 158 valence electrons. The van der Waals surface area contributed by atoms with E-state index in [-0.39, 0.29) is 30.7 Å². The molecule has 7 nitrogen and oxygen atoms in total. The van der Waals surface area contributed by atoms with Crippen molar-refractivity contribution in [2.45, 2.75) is 33.1 Å². The quantitative estimate of drug-likeness (QED) is 0.478. The van der Waals surface area contributed by atoms with Crippen LogP contribution in [0.5, 0.6) is 11.6 Å². The number of imidazole rings is 1. The summed E-state index contributed by atoms with van der Waals surface area (Å²) in [6, 6.07) is 15.4. The molecular weight excluding hydrogens is 452 g/mol. The highest BCUT2D eigenvalue weighted by Crippen LogP contribution is 2.26. The normalized spacial score (nSPS) is 12.0. The summed E-state index contributed by atoms with van der Waals surface area (Å²) in [5.74, 6) is -0.639. The molecule has 0 saturated heterocycles. The smallest absolute Gasteiger partial charge is 0.330 e. The van der Waals surface area contributed by atoms with Crippen molar-refractivity contribution in [2.24, 2.45) is 5.92 Å². The summed E-state index contributed by atoms with van der Waals surface area (Å²) in [6.45, 7) is 3.60. The maximum Gasteiger partial charge on any atom is 0.330 e. The third-order valence-electron chi connectivity index (χ3n) is 4.55. The number of nitrogens with one attached hydrogen (secondary N) is 1. The second-order valence-electron chi connectivity index (χ2n) is 7.13. The minimum atomic E-state index is -0.973. The Morgan fingerprint density at radius 2 is 1.77 bits per heavy atom.